The van der Waals surface area contributed by atoms with E-state index < -0.39 is 12.1 Å². The van der Waals surface area contributed by atoms with E-state index in [4.69, 9.17) is 10.00 Å². The van der Waals surface area contributed by atoms with Crippen LogP contribution in [0.15, 0.2) is 33.9 Å². The van der Waals surface area contributed by atoms with Crippen molar-refractivity contribution in [1.82, 2.24) is 10.6 Å². The Balaban J connectivity index is 2.55. The van der Waals surface area contributed by atoms with Gasteiger partial charge in [0.05, 0.1) is 6.04 Å². The van der Waals surface area contributed by atoms with Gasteiger partial charge in [0.25, 0.3) is 0 Å². The van der Waals surface area contributed by atoms with E-state index in [0.717, 1.165) is 4.47 Å². The lowest BCUT2D eigenvalue weighted by Crippen LogP contribution is -2.44. The molecule has 0 unspecified atom stereocenters. The van der Waals surface area contributed by atoms with Crippen molar-refractivity contribution < 1.29 is 14.3 Å². The van der Waals surface area contributed by atoms with Crippen LogP contribution in [0.5, 0.6) is 5.75 Å². The van der Waals surface area contributed by atoms with E-state index in [9.17, 15) is 9.59 Å². The maximum absolute atomic E-state index is 12.0. The van der Waals surface area contributed by atoms with Gasteiger partial charge in [0.1, 0.15) is 11.8 Å². The lowest BCUT2D eigenvalue weighted by Gasteiger charge is -2.29. The SMILES string of the molecule is CC(=O)C1=C(C)NC(=O)N[C@@H]1c1cc(Br)ccc1OCC#N. The maximum Gasteiger partial charge on any atom is 0.319 e. The largest absolute Gasteiger partial charge is 0.478 e. The molecule has 1 aliphatic rings. The molecule has 2 N–H and O–H groups in total. The Labute approximate surface area is 136 Å². The minimum atomic E-state index is -0.627. The first-order valence-corrected chi connectivity index (χ1v) is 7.31. The van der Waals surface area contributed by atoms with Crippen molar-refractivity contribution in [3.63, 3.8) is 0 Å². The van der Waals surface area contributed by atoms with Crippen LogP contribution < -0.4 is 15.4 Å². The fourth-order valence-electron chi connectivity index (χ4n) is 2.38. The summed E-state index contributed by atoms with van der Waals surface area (Å²) in [7, 11) is 0. The third kappa shape index (κ3) is 3.28. The zero-order chi connectivity index (χ0) is 16.3. The van der Waals surface area contributed by atoms with E-state index >= 15 is 0 Å². The molecule has 2 amide bonds. The van der Waals surface area contributed by atoms with Gasteiger partial charge in [-0.2, -0.15) is 5.26 Å². The van der Waals surface area contributed by atoms with Gasteiger partial charge < -0.3 is 15.4 Å². The molecule has 6 nitrogen and oxygen atoms in total. The quantitative estimate of drug-likeness (QED) is 0.859. The van der Waals surface area contributed by atoms with E-state index in [1.807, 2.05) is 6.07 Å². The van der Waals surface area contributed by atoms with Gasteiger partial charge >= 0.3 is 6.03 Å². The Bertz CT molecular complexity index is 706. The number of allylic oxidation sites excluding steroid dienone is 1. The fraction of sp³-hybridized carbons (Fsp3) is 0.267. The molecule has 114 valence electrons. The van der Waals surface area contributed by atoms with Gasteiger partial charge in [0, 0.05) is 21.3 Å². The number of ether oxygens (including phenoxy) is 1. The summed E-state index contributed by atoms with van der Waals surface area (Å²) in [5, 5.41) is 14.0. The summed E-state index contributed by atoms with van der Waals surface area (Å²) in [6.45, 7) is 3.00. The second-order valence-corrected chi connectivity index (χ2v) is 5.67. The number of nitriles is 1. The molecule has 1 heterocycles. The first kappa shape index (κ1) is 16.0. The van der Waals surface area contributed by atoms with Gasteiger partial charge in [-0.3, -0.25) is 4.79 Å². The van der Waals surface area contributed by atoms with Crippen LogP contribution in [0, 0.1) is 11.3 Å². The highest BCUT2D eigenvalue weighted by atomic mass is 79.9. The number of ketones is 1. The van der Waals surface area contributed by atoms with Crippen LogP contribution in [-0.4, -0.2) is 18.4 Å². The van der Waals surface area contributed by atoms with Crippen molar-refractivity contribution in [2.24, 2.45) is 0 Å². The molecule has 7 heteroatoms. The molecule has 0 saturated carbocycles. The molecule has 0 spiro atoms. The van der Waals surface area contributed by atoms with Crippen LogP contribution in [0.3, 0.4) is 0 Å². The van der Waals surface area contributed by atoms with Gasteiger partial charge in [-0.05, 0) is 32.0 Å². The highest BCUT2D eigenvalue weighted by Gasteiger charge is 2.31. The molecular weight excluding hydrogens is 350 g/mol. The number of carbonyl (C=O) groups excluding carboxylic acids is 2. The van der Waals surface area contributed by atoms with Crippen molar-refractivity contribution in [2.75, 3.05) is 6.61 Å². The van der Waals surface area contributed by atoms with Gasteiger partial charge in [-0.1, -0.05) is 15.9 Å². The van der Waals surface area contributed by atoms with E-state index in [0.29, 0.717) is 22.6 Å². The molecule has 0 bridgehead atoms. The number of hydrogen-bond acceptors (Lipinski definition) is 4. The number of halogens is 1. The zero-order valence-electron chi connectivity index (χ0n) is 12.1. The molecule has 0 aromatic heterocycles. The Morgan fingerprint density at radius 2 is 2.23 bits per heavy atom. The highest BCUT2D eigenvalue weighted by molar-refractivity contribution is 9.10. The van der Waals surface area contributed by atoms with Crippen LogP contribution >= 0.6 is 15.9 Å². The Hall–Kier alpha value is -2.33. The number of Topliss-reactive ketones (excluding diaryl/α,β-unsaturated/α-hetero) is 1. The predicted molar refractivity (Wildman–Crippen MR) is 83.0 cm³/mol. The summed E-state index contributed by atoms with van der Waals surface area (Å²) in [5.41, 5.74) is 1.58. The number of nitrogens with zero attached hydrogens (tertiary/aromatic N) is 1. The summed E-state index contributed by atoms with van der Waals surface area (Å²) in [6, 6.07) is 6.11. The molecule has 1 aromatic rings. The Morgan fingerprint density at radius 3 is 2.86 bits per heavy atom. The molecule has 0 fully saturated rings. The topological polar surface area (TPSA) is 91.2 Å². The number of urea groups is 1. The highest BCUT2D eigenvalue weighted by Crippen LogP contribution is 2.35. The van der Waals surface area contributed by atoms with Crippen molar-refractivity contribution in [2.45, 2.75) is 19.9 Å². The van der Waals surface area contributed by atoms with Crippen LogP contribution in [0.25, 0.3) is 0 Å². The average Bonchev–Trinajstić information content (AvgIpc) is 2.44. The molecule has 0 radical (unpaired) electrons. The smallest absolute Gasteiger partial charge is 0.319 e. The first-order valence-electron chi connectivity index (χ1n) is 6.52. The Morgan fingerprint density at radius 1 is 1.50 bits per heavy atom. The normalized spacial score (nSPS) is 17.4. The first-order chi connectivity index (χ1) is 10.4. The van der Waals surface area contributed by atoms with Crippen LogP contribution in [0.4, 0.5) is 4.79 Å². The molecule has 1 aliphatic heterocycles. The second-order valence-electron chi connectivity index (χ2n) is 4.76. The molecular formula is C15H14BrN3O3. The van der Waals surface area contributed by atoms with Gasteiger partial charge in [0.2, 0.25) is 0 Å². The minimum absolute atomic E-state index is 0.119. The Kier molecular flexibility index (Phi) is 4.83. The van der Waals surface area contributed by atoms with E-state index in [-0.39, 0.29) is 12.4 Å². The van der Waals surface area contributed by atoms with E-state index in [1.165, 1.54) is 6.92 Å². The fourth-order valence-corrected chi connectivity index (χ4v) is 2.76. The lowest BCUT2D eigenvalue weighted by atomic mass is 9.92. The van der Waals surface area contributed by atoms with Gasteiger partial charge in [-0.25, -0.2) is 4.79 Å². The molecule has 0 saturated heterocycles. The summed E-state index contributed by atoms with van der Waals surface area (Å²) in [6.07, 6.45) is 0. The second kappa shape index (κ2) is 6.62. The standard InChI is InChI=1S/C15H14BrN3O3/c1-8-13(9(2)20)14(19-15(21)18-8)11-7-10(16)3-4-12(11)22-6-5-17/h3-4,7,14H,6H2,1-2H3,(H2,18,19,21)/t14-/m1/s1. The summed E-state index contributed by atoms with van der Waals surface area (Å²) >= 11 is 3.37. The van der Waals surface area contributed by atoms with Crippen molar-refractivity contribution >= 4 is 27.7 Å². The number of hydrogen-bond donors (Lipinski definition) is 2. The monoisotopic (exact) mass is 363 g/mol. The maximum atomic E-state index is 12.0. The summed E-state index contributed by atoms with van der Waals surface area (Å²) < 4.78 is 6.18. The van der Waals surface area contributed by atoms with Gasteiger partial charge in [-0.15, -0.1) is 0 Å². The number of carbonyl (C=O) groups is 2. The average molecular weight is 364 g/mol. The van der Waals surface area contributed by atoms with Crippen LogP contribution in [0.1, 0.15) is 25.5 Å². The number of benzene rings is 1. The van der Waals surface area contributed by atoms with Crippen molar-refractivity contribution in [3.05, 3.63) is 39.5 Å². The number of rotatable bonds is 4. The molecule has 0 aliphatic carbocycles. The number of amides is 2. The van der Waals surface area contributed by atoms with Crippen molar-refractivity contribution in [3.8, 4) is 11.8 Å². The third-order valence-corrected chi connectivity index (χ3v) is 3.72. The van der Waals surface area contributed by atoms with Crippen molar-refractivity contribution in [1.29, 1.82) is 5.26 Å². The van der Waals surface area contributed by atoms with E-state index in [2.05, 4.69) is 26.6 Å². The summed E-state index contributed by atoms with van der Waals surface area (Å²) in [5.74, 6) is 0.296. The van der Waals surface area contributed by atoms with E-state index in [1.54, 1.807) is 25.1 Å². The molecule has 1 atom stereocenters. The molecule has 2 rings (SSSR count). The number of nitrogens with one attached hydrogen (secondary N) is 2. The minimum Gasteiger partial charge on any atom is -0.478 e. The van der Waals surface area contributed by atoms with Gasteiger partial charge in [0.15, 0.2) is 12.4 Å². The van der Waals surface area contributed by atoms with Crippen LogP contribution in [0.2, 0.25) is 0 Å². The zero-order valence-corrected chi connectivity index (χ0v) is 13.7. The van der Waals surface area contributed by atoms with Crippen LogP contribution in [-0.2, 0) is 4.79 Å². The lowest BCUT2D eigenvalue weighted by molar-refractivity contribution is -0.114. The summed E-state index contributed by atoms with van der Waals surface area (Å²) in [4.78, 5) is 23.7. The predicted octanol–water partition coefficient (Wildman–Crippen LogP) is 2.57. The molecule has 22 heavy (non-hydrogen) atoms. The third-order valence-electron chi connectivity index (χ3n) is 3.22. The molecule has 1 aromatic carbocycles.